The fourth-order valence-electron chi connectivity index (χ4n) is 12.5. The third-order valence-corrected chi connectivity index (χ3v) is 15.8. The van der Waals surface area contributed by atoms with Gasteiger partial charge in [0.25, 0.3) is 0 Å². The number of anilines is 6. The van der Waals surface area contributed by atoms with Crippen LogP contribution in [0.3, 0.4) is 0 Å². The maximum absolute atomic E-state index is 7.16. The molecule has 2 saturated carbocycles. The monoisotopic (exact) mass is 896 g/mol. The van der Waals surface area contributed by atoms with E-state index in [0.717, 1.165) is 99.9 Å². The van der Waals surface area contributed by atoms with Crippen LogP contribution in [0.4, 0.5) is 34.1 Å². The summed E-state index contributed by atoms with van der Waals surface area (Å²) in [5.41, 5.74) is 16.7. The number of rotatable bonds is 8. The summed E-state index contributed by atoms with van der Waals surface area (Å²) in [5.74, 6) is 1.07. The molecule has 0 bridgehead atoms. The van der Waals surface area contributed by atoms with Gasteiger partial charge in [0, 0.05) is 61.2 Å². The molecule has 3 heterocycles. The maximum atomic E-state index is 7.16. The zero-order valence-corrected chi connectivity index (χ0v) is 39.1. The first kappa shape index (κ1) is 40.3. The molecule has 2 aliphatic rings. The average Bonchev–Trinajstić information content (AvgIpc) is 4.25. The number of nitrogens with zero attached hydrogens (tertiary/aromatic N) is 2. The summed E-state index contributed by atoms with van der Waals surface area (Å²) in [6.07, 6.45) is 9.97. The average molecular weight is 897 g/mol. The topological polar surface area (TPSA) is 45.9 Å². The lowest BCUT2D eigenvalue weighted by Crippen LogP contribution is -2.12. The molecule has 0 amide bonds. The Labute approximate surface area is 401 Å². The summed E-state index contributed by atoms with van der Waals surface area (Å²) in [6, 6.07) is 61.8. The van der Waals surface area contributed by atoms with E-state index in [9.17, 15) is 0 Å². The Balaban J connectivity index is 0.975. The molecule has 0 N–H and O–H groups in total. The molecule has 69 heavy (non-hydrogen) atoms. The van der Waals surface area contributed by atoms with Gasteiger partial charge in [-0.3, -0.25) is 0 Å². The van der Waals surface area contributed by atoms with Crippen molar-refractivity contribution in [1.82, 2.24) is 0 Å². The van der Waals surface area contributed by atoms with E-state index in [0.29, 0.717) is 11.8 Å². The first-order valence-electron chi connectivity index (χ1n) is 25.1. The van der Waals surface area contributed by atoms with Gasteiger partial charge in [-0.25, -0.2) is 0 Å². The van der Waals surface area contributed by atoms with E-state index in [1.54, 1.807) is 0 Å². The molecule has 0 spiro atoms. The fraction of sp³-hybridized carbons (Fsp3) is 0.188. The van der Waals surface area contributed by atoms with Crippen LogP contribution in [0.1, 0.15) is 85.5 Å². The highest BCUT2D eigenvalue weighted by molar-refractivity contribution is 6.23. The minimum Gasteiger partial charge on any atom is -0.456 e. The molecule has 9 aromatic carbocycles. The largest absolute Gasteiger partial charge is 0.456 e. The molecular weight excluding hydrogens is 845 g/mol. The minimum absolute atomic E-state index is 0.530. The van der Waals surface area contributed by atoms with Crippen LogP contribution >= 0.6 is 0 Å². The normalized spacial score (nSPS) is 14.8. The molecule has 0 aliphatic heterocycles. The fourth-order valence-corrected chi connectivity index (χ4v) is 12.5. The van der Waals surface area contributed by atoms with Crippen LogP contribution in [-0.2, 0) is 0 Å². The molecule has 12 aromatic rings. The molecule has 14 rings (SSSR count). The Morgan fingerprint density at radius 2 is 0.812 bits per heavy atom. The molecule has 0 atom stereocenters. The van der Waals surface area contributed by atoms with Crippen molar-refractivity contribution in [1.29, 1.82) is 0 Å². The van der Waals surface area contributed by atoms with Crippen molar-refractivity contribution in [3.8, 4) is 0 Å². The van der Waals surface area contributed by atoms with E-state index in [2.05, 4.69) is 194 Å². The molecular formula is C64H52N2O3. The smallest absolute Gasteiger partial charge is 0.159 e. The Morgan fingerprint density at radius 1 is 0.348 bits per heavy atom. The van der Waals surface area contributed by atoms with Crippen LogP contribution in [0.5, 0.6) is 0 Å². The standard InChI is InChI=1S/C64H52N2O3/c1-39-17-3-11-31-53(39)65(55-33-15-29-50-48-27-13-25-44(41-19-5-6-20-41)61(48)68-63(50)55)43-35-36-52-58(37-43)67-59-38-57(46-23-9-10-24-47(46)60(52)59)66(54-32-12-4-18-40(54)2)56-34-16-30-51-49-28-14-26-45(42-21-7-8-22-42)62(49)69-64(51)56/h3-4,9-18,23-38,41-42H,5-8,19-22H2,1-2H3. The van der Waals surface area contributed by atoms with E-state index in [-0.39, 0.29) is 0 Å². The van der Waals surface area contributed by atoms with Crippen molar-refractivity contribution in [2.45, 2.75) is 77.0 Å². The van der Waals surface area contributed by atoms with Crippen LogP contribution in [0, 0.1) is 13.8 Å². The molecule has 2 aliphatic carbocycles. The van der Waals surface area contributed by atoms with Gasteiger partial charge >= 0.3 is 0 Å². The summed E-state index contributed by atoms with van der Waals surface area (Å²) in [5, 5.41) is 9.08. The molecule has 336 valence electrons. The van der Waals surface area contributed by atoms with Crippen molar-refractivity contribution in [3.63, 3.8) is 0 Å². The lowest BCUT2D eigenvalue weighted by Gasteiger charge is -2.28. The highest BCUT2D eigenvalue weighted by Crippen LogP contribution is 2.51. The summed E-state index contributed by atoms with van der Waals surface area (Å²) in [6.45, 7) is 4.39. The van der Waals surface area contributed by atoms with E-state index < -0.39 is 0 Å². The predicted octanol–water partition coefficient (Wildman–Crippen LogP) is 19.4. The molecule has 0 unspecified atom stereocenters. The molecule has 5 heteroatoms. The summed E-state index contributed by atoms with van der Waals surface area (Å²) in [7, 11) is 0. The molecule has 5 nitrogen and oxygen atoms in total. The predicted molar refractivity (Wildman–Crippen MR) is 287 cm³/mol. The molecule has 0 saturated heterocycles. The number of aryl methyl sites for hydroxylation is 2. The van der Waals surface area contributed by atoms with Gasteiger partial charge < -0.3 is 23.1 Å². The van der Waals surface area contributed by atoms with Crippen molar-refractivity contribution < 1.29 is 13.3 Å². The number of fused-ring (bicyclic) bond motifs is 11. The van der Waals surface area contributed by atoms with E-state index in [1.807, 2.05) is 0 Å². The number of hydrogen-bond acceptors (Lipinski definition) is 5. The highest BCUT2D eigenvalue weighted by atomic mass is 16.3. The zero-order chi connectivity index (χ0) is 45.7. The quantitative estimate of drug-likeness (QED) is 0.152. The summed E-state index contributed by atoms with van der Waals surface area (Å²) >= 11 is 0. The van der Waals surface area contributed by atoms with Gasteiger partial charge in [-0.05, 0) is 115 Å². The van der Waals surface area contributed by atoms with Crippen LogP contribution in [-0.4, -0.2) is 0 Å². The Kier molecular flexibility index (Phi) is 9.30. The number of hydrogen-bond donors (Lipinski definition) is 0. The SMILES string of the molecule is Cc1ccccc1N(c1ccc2c(c1)oc1cc(N(c3ccccc3C)c3cccc4c3oc3c(C5CCCC5)cccc34)c3ccccc3c12)c1cccc2c1oc1c(C3CCCC3)cccc12. The zero-order valence-electron chi connectivity index (χ0n) is 39.1. The third kappa shape index (κ3) is 6.29. The van der Waals surface area contributed by atoms with Crippen LogP contribution in [0.15, 0.2) is 183 Å². The van der Waals surface area contributed by atoms with Gasteiger partial charge in [0.15, 0.2) is 11.2 Å². The van der Waals surface area contributed by atoms with E-state index >= 15 is 0 Å². The van der Waals surface area contributed by atoms with Gasteiger partial charge in [0.1, 0.15) is 22.3 Å². The third-order valence-electron chi connectivity index (χ3n) is 15.8. The Morgan fingerprint density at radius 3 is 1.39 bits per heavy atom. The van der Waals surface area contributed by atoms with Crippen molar-refractivity contribution in [2.24, 2.45) is 0 Å². The lowest BCUT2D eigenvalue weighted by atomic mass is 9.95. The Hall–Kier alpha value is -7.76. The second-order valence-corrected chi connectivity index (χ2v) is 19.8. The number of benzene rings is 9. The second-order valence-electron chi connectivity index (χ2n) is 19.8. The Bertz CT molecular complexity index is 3990. The summed E-state index contributed by atoms with van der Waals surface area (Å²) in [4.78, 5) is 4.76. The van der Waals surface area contributed by atoms with Crippen LogP contribution < -0.4 is 9.80 Å². The number of furan rings is 3. The van der Waals surface area contributed by atoms with Crippen molar-refractivity contribution in [2.75, 3.05) is 9.80 Å². The van der Waals surface area contributed by atoms with Crippen molar-refractivity contribution >= 4 is 111 Å². The maximum Gasteiger partial charge on any atom is 0.159 e. The molecule has 3 aromatic heterocycles. The van der Waals surface area contributed by atoms with Crippen LogP contribution in [0.25, 0.3) is 76.6 Å². The van der Waals surface area contributed by atoms with Gasteiger partial charge in [-0.2, -0.15) is 0 Å². The summed E-state index contributed by atoms with van der Waals surface area (Å²) < 4.78 is 21.4. The highest BCUT2D eigenvalue weighted by Gasteiger charge is 2.29. The van der Waals surface area contributed by atoms with Gasteiger partial charge in [-0.1, -0.05) is 147 Å². The first-order chi connectivity index (χ1) is 34.1. The van der Waals surface area contributed by atoms with E-state index in [4.69, 9.17) is 13.3 Å². The van der Waals surface area contributed by atoms with Crippen LogP contribution in [0.2, 0.25) is 0 Å². The van der Waals surface area contributed by atoms with Crippen molar-refractivity contribution in [3.05, 3.63) is 192 Å². The second kappa shape index (κ2) is 15.9. The first-order valence-corrected chi connectivity index (χ1v) is 25.1. The van der Waals surface area contributed by atoms with Gasteiger partial charge in [0.05, 0.1) is 22.7 Å². The minimum atomic E-state index is 0.530. The molecule has 2 fully saturated rings. The molecule has 0 radical (unpaired) electrons. The van der Waals surface area contributed by atoms with Gasteiger partial charge in [0.2, 0.25) is 0 Å². The van der Waals surface area contributed by atoms with Gasteiger partial charge in [-0.15, -0.1) is 0 Å². The van der Waals surface area contributed by atoms with E-state index in [1.165, 1.54) is 84.4 Å². The lowest BCUT2D eigenvalue weighted by molar-refractivity contribution is 0.643. The number of para-hydroxylation sites is 6.